The normalized spacial score (nSPS) is 23.3. The minimum absolute atomic E-state index is 0.0547. The van der Waals surface area contributed by atoms with Crippen LogP contribution in [0.1, 0.15) is 24.8 Å². The predicted octanol–water partition coefficient (Wildman–Crippen LogP) is 1.86. The van der Waals surface area contributed by atoms with Gasteiger partial charge >= 0.3 is 6.03 Å². The zero-order valence-corrected chi connectivity index (χ0v) is 8.86. The summed E-state index contributed by atoms with van der Waals surface area (Å²) in [5.74, 6) is 0.508. The van der Waals surface area contributed by atoms with E-state index in [9.17, 15) is 4.79 Å². The van der Waals surface area contributed by atoms with Crippen molar-refractivity contribution in [2.24, 2.45) is 0 Å². The number of benzene rings is 1. The number of urea groups is 1. The summed E-state index contributed by atoms with van der Waals surface area (Å²) in [4.78, 5) is 11.2. The molecule has 1 aromatic carbocycles. The molecule has 2 atom stereocenters. The Labute approximate surface area is 89.9 Å². The van der Waals surface area contributed by atoms with E-state index >= 15 is 0 Å². The Morgan fingerprint density at radius 2 is 2.13 bits per heavy atom. The summed E-state index contributed by atoms with van der Waals surface area (Å²) in [5.41, 5.74) is 1.32. The summed E-state index contributed by atoms with van der Waals surface area (Å²) in [6.45, 7) is 2.59. The number of nitrogens with one attached hydrogen (secondary N) is 2. The predicted molar refractivity (Wildman–Crippen MR) is 59.8 cm³/mol. The van der Waals surface area contributed by atoms with Crippen molar-refractivity contribution in [3.8, 4) is 0 Å². The standard InChI is InChI=1S/C12H16N2O/c1-2-13-12(15)14-11-8-10(11)9-6-4-3-5-7-9/h3-7,10-11H,2,8H2,1H3,(H2,13,14,15). The lowest BCUT2D eigenvalue weighted by molar-refractivity contribution is 0.241. The molecule has 3 nitrogen and oxygen atoms in total. The molecule has 15 heavy (non-hydrogen) atoms. The van der Waals surface area contributed by atoms with Crippen LogP contribution in [0.2, 0.25) is 0 Å². The van der Waals surface area contributed by atoms with Crippen molar-refractivity contribution in [3.63, 3.8) is 0 Å². The van der Waals surface area contributed by atoms with E-state index in [-0.39, 0.29) is 6.03 Å². The molecule has 2 N–H and O–H groups in total. The molecule has 3 heteroatoms. The molecule has 0 aliphatic heterocycles. The molecule has 1 aromatic rings. The Kier molecular flexibility index (Phi) is 2.90. The highest BCUT2D eigenvalue weighted by Gasteiger charge is 2.39. The third kappa shape index (κ3) is 2.49. The molecule has 0 radical (unpaired) electrons. The van der Waals surface area contributed by atoms with E-state index in [2.05, 4.69) is 22.8 Å². The van der Waals surface area contributed by atoms with E-state index in [1.54, 1.807) is 0 Å². The SMILES string of the molecule is CCNC(=O)NC1CC1c1ccccc1. The third-order valence-corrected chi connectivity index (χ3v) is 2.67. The molecule has 0 spiro atoms. The fourth-order valence-electron chi connectivity index (χ4n) is 1.80. The van der Waals surface area contributed by atoms with Gasteiger partial charge in [0.05, 0.1) is 0 Å². The van der Waals surface area contributed by atoms with Crippen molar-refractivity contribution >= 4 is 6.03 Å². The lowest BCUT2D eigenvalue weighted by Crippen LogP contribution is -2.37. The van der Waals surface area contributed by atoms with Crippen molar-refractivity contribution in [1.29, 1.82) is 0 Å². The van der Waals surface area contributed by atoms with Gasteiger partial charge in [-0.3, -0.25) is 0 Å². The third-order valence-electron chi connectivity index (χ3n) is 2.67. The van der Waals surface area contributed by atoms with Gasteiger partial charge in [0.2, 0.25) is 0 Å². The highest BCUT2D eigenvalue weighted by Crippen LogP contribution is 2.40. The smallest absolute Gasteiger partial charge is 0.315 e. The van der Waals surface area contributed by atoms with Crippen LogP contribution in [-0.2, 0) is 0 Å². The molecule has 0 heterocycles. The van der Waals surface area contributed by atoms with Crippen LogP contribution in [0.4, 0.5) is 4.79 Å². The largest absolute Gasteiger partial charge is 0.338 e. The van der Waals surface area contributed by atoms with Gasteiger partial charge in [-0.2, -0.15) is 0 Å². The summed E-state index contributed by atoms with van der Waals surface area (Å²) in [5, 5.41) is 5.69. The van der Waals surface area contributed by atoms with Crippen LogP contribution in [0.15, 0.2) is 30.3 Å². The van der Waals surface area contributed by atoms with Crippen LogP contribution in [0.5, 0.6) is 0 Å². The van der Waals surface area contributed by atoms with Gasteiger partial charge < -0.3 is 10.6 Å². The maximum absolute atomic E-state index is 11.2. The van der Waals surface area contributed by atoms with Gasteiger partial charge in [0.1, 0.15) is 0 Å². The van der Waals surface area contributed by atoms with Gasteiger partial charge in [-0.25, -0.2) is 4.79 Å². The molecule has 0 saturated heterocycles. The van der Waals surface area contributed by atoms with Gasteiger partial charge in [-0.15, -0.1) is 0 Å². The lowest BCUT2D eigenvalue weighted by Gasteiger charge is -2.04. The second kappa shape index (κ2) is 4.34. The zero-order chi connectivity index (χ0) is 10.7. The number of amides is 2. The molecule has 80 valence electrons. The minimum atomic E-state index is -0.0547. The van der Waals surface area contributed by atoms with Gasteiger partial charge in [-0.1, -0.05) is 30.3 Å². The Bertz CT molecular complexity index is 337. The van der Waals surface area contributed by atoms with Crippen LogP contribution in [0.3, 0.4) is 0 Å². The average molecular weight is 204 g/mol. The fraction of sp³-hybridized carbons (Fsp3) is 0.417. The molecule has 2 rings (SSSR count). The Morgan fingerprint density at radius 1 is 1.40 bits per heavy atom. The fourth-order valence-corrected chi connectivity index (χ4v) is 1.80. The number of rotatable bonds is 3. The van der Waals surface area contributed by atoms with Crippen LogP contribution >= 0.6 is 0 Å². The summed E-state index contributed by atoms with van der Waals surface area (Å²) >= 11 is 0. The molecular weight excluding hydrogens is 188 g/mol. The van der Waals surface area contributed by atoms with Crippen LogP contribution in [-0.4, -0.2) is 18.6 Å². The van der Waals surface area contributed by atoms with Crippen LogP contribution < -0.4 is 10.6 Å². The van der Waals surface area contributed by atoms with Crippen molar-refractivity contribution in [2.45, 2.75) is 25.3 Å². The molecule has 0 bridgehead atoms. The van der Waals surface area contributed by atoms with Gasteiger partial charge in [0, 0.05) is 18.5 Å². The highest BCUT2D eigenvalue weighted by molar-refractivity contribution is 5.74. The maximum atomic E-state index is 11.2. The molecule has 1 aliphatic carbocycles. The summed E-state index contributed by atoms with van der Waals surface area (Å²) in [7, 11) is 0. The van der Waals surface area contributed by atoms with Crippen LogP contribution in [0, 0.1) is 0 Å². The van der Waals surface area contributed by atoms with E-state index in [0.717, 1.165) is 6.42 Å². The van der Waals surface area contributed by atoms with Gasteiger partial charge in [0.15, 0.2) is 0 Å². The van der Waals surface area contributed by atoms with E-state index < -0.39 is 0 Å². The molecule has 2 amide bonds. The molecule has 0 aromatic heterocycles. The molecule has 2 unspecified atom stereocenters. The molecule has 1 saturated carbocycles. The second-order valence-electron chi connectivity index (χ2n) is 3.86. The van der Waals surface area contributed by atoms with Crippen molar-refractivity contribution in [2.75, 3.05) is 6.54 Å². The number of carbonyl (C=O) groups excluding carboxylic acids is 1. The monoisotopic (exact) mass is 204 g/mol. The first-order chi connectivity index (χ1) is 7.31. The summed E-state index contributed by atoms with van der Waals surface area (Å²) in [6, 6.07) is 10.6. The molecule has 1 aliphatic rings. The number of hydrogen-bond donors (Lipinski definition) is 2. The second-order valence-corrected chi connectivity index (χ2v) is 3.86. The summed E-state index contributed by atoms with van der Waals surface area (Å²) < 4.78 is 0. The molecular formula is C12H16N2O. The maximum Gasteiger partial charge on any atom is 0.315 e. The number of carbonyl (C=O) groups is 1. The van der Waals surface area contributed by atoms with Crippen molar-refractivity contribution < 1.29 is 4.79 Å². The quantitative estimate of drug-likeness (QED) is 0.775. The first kappa shape index (κ1) is 10.0. The first-order valence-corrected chi connectivity index (χ1v) is 5.40. The summed E-state index contributed by atoms with van der Waals surface area (Å²) in [6.07, 6.45) is 1.06. The van der Waals surface area contributed by atoms with Gasteiger partial charge in [-0.05, 0) is 18.9 Å². The van der Waals surface area contributed by atoms with E-state index in [4.69, 9.17) is 0 Å². The average Bonchev–Trinajstić information content (AvgIpc) is 2.99. The zero-order valence-electron chi connectivity index (χ0n) is 8.86. The van der Waals surface area contributed by atoms with Crippen molar-refractivity contribution in [3.05, 3.63) is 35.9 Å². The van der Waals surface area contributed by atoms with Gasteiger partial charge in [0.25, 0.3) is 0 Å². The minimum Gasteiger partial charge on any atom is -0.338 e. The number of hydrogen-bond acceptors (Lipinski definition) is 1. The van der Waals surface area contributed by atoms with E-state index in [1.165, 1.54) is 5.56 Å². The van der Waals surface area contributed by atoms with E-state index in [1.807, 2.05) is 25.1 Å². The first-order valence-electron chi connectivity index (χ1n) is 5.40. The lowest BCUT2D eigenvalue weighted by atomic mass is 10.1. The Hall–Kier alpha value is -1.51. The Balaban J connectivity index is 1.84. The molecule has 1 fully saturated rings. The van der Waals surface area contributed by atoms with E-state index in [0.29, 0.717) is 18.5 Å². The van der Waals surface area contributed by atoms with Crippen molar-refractivity contribution in [1.82, 2.24) is 10.6 Å². The topological polar surface area (TPSA) is 41.1 Å². The Morgan fingerprint density at radius 3 is 2.80 bits per heavy atom. The van der Waals surface area contributed by atoms with Crippen LogP contribution in [0.25, 0.3) is 0 Å². The highest BCUT2D eigenvalue weighted by atomic mass is 16.2.